The van der Waals surface area contributed by atoms with E-state index in [4.69, 9.17) is 0 Å². The highest BCUT2D eigenvalue weighted by molar-refractivity contribution is 5.82. The highest BCUT2D eigenvalue weighted by atomic mass is 16.3. The van der Waals surface area contributed by atoms with Crippen molar-refractivity contribution in [1.82, 2.24) is 4.90 Å². The van der Waals surface area contributed by atoms with Crippen LogP contribution in [0.3, 0.4) is 0 Å². The average molecular weight is 303 g/mol. The zero-order chi connectivity index (χ0) is 15.5. The summed E-state index contributed by atoms with van der Waals surface area (Å²) in [4.78, 5) is 14.4. The number of likely N-dealkylation sites (tertiary alicyclic amines) is 1. The van der Waals surface area contributed by atoms with Crippen LogP contribution in [-0.2, 0) is 4.79 Å². The summed E-state index contributed by atoms with van der Waals surface area (Å²) in [7, 11) is 0. The number of β-amino-alcohol motifs (C(OH)–C–C–N with tert-alkyl or cyclic N) is 1. The van der Waals surface area contributed by atoms with Crippen LogP contribution in [0.2, 0.25) is 0 Å². The van der Waals surface area contributed by atoms with E-state index in [9.17, 15) is 15.0 Å². The number of carbonyl (C=O) groups excluding carboxylic acids is 1. The Balaban J connectivity index is 1.74. The summed E-state index contributed by atoms with van der Waals surface area (Å²) in [5.41, 5.74) is 1.03. The maximum absolute atomic E-state index is 12.7. The second kappa shape index (κ2) is 6.80. The summed E-state index contributed by atoms with van der Waals surface area (Å²) in [6.45, 7) is 0.322. The van der Waals surface area contributed by atoms with E-state index in [1.54, 1.807) is 4.90 Å². The first kappa shape index (κ1) is 15.5. The van der Waals surface area contributed by atoms with Crippen LogP contribution in [0.1, 0.15) is 50.1 Å². The lowest BCUT2D eigenvalue weighted by atomic mass is 9.84. The maximum Gasteiger partial charge on any atom is 0.252 e. The number of carbonyl (C=O) groups is 1. The Morgan fingerprint density at radius 2 is 1.82 bits per heavy atom. The topological polar surface area (TPSA) is 60.8 Å². The normalized spacial score (nSPS) is 27.8. The fourth-order valence-corrected chi connectivity index (χ4v) is 3.87. The van der Waals surface area contributed by atoms with E-state index in [0.717, 1.165) is 31.2 Å². The minimum absolute atomic E-state index is 0.0791. The molecule has 1 amide bonds. The number of hydrogen-bond donors (Lipinski definition) is 2. The third-order valence-electron chi connectivity index (χ3n) is 5.10. The predicted molar refractivity (Wildman–Crippen MR) is 84.1 cm³/mol. The Kier molecular flexibility index (Phi) is 4.79. The largest absolute Gasteiger partial charge is 0.391 e. The monoisotopic (exact) mass is 303 g/mol. The predicted octanol–water partition coefficient (Wildman–Crippen LogP) is 2.26. The van der Waals surface area contributed by atoms with Crippen molar-refractivity contribution < 1.29 is 15.0 Å². The van der Waals surface area contributed by atoms with Gasteiger partial charge in [0.2, 0.25) is 0 Å². The van der Waals surface area contributed by atoms with Gasteiger partial charge in [0.25, 0.3) is 5.91 Å². The Hall–Kier alpha value is -1.39. The molecule has 4 heteroatoms. The van der Waals surface area contributed by atoms with Gasteiger partial charge < -0.3 is 15.1 Å². The van der Waals surface area contributed by atoms with E-state index in [1.807, 2.05) is 30.3 Å². The SMILES string of the molecule is O=C(C(O)C1CCCCC1)N1CC(O)CC1c1ccccc1. The highest BCUT2D eigenvalue weighted by Gasteiger charge is 2.39. The molecule has 1 saturated carbocycles. The van der Waals surface area contributed by atoms with Crippen LogP contribution in [-0.4, -0.2) is 39.8 Å². The van der Waals surface area contributed by atoms with Crippen LogP contribution < -0.4 is 0 Å². The number of rotatable bonds is 3. The number of amides is 1. The summed E-state index contributed by atoms with van der Waals surface area (Å²) in [6.07, 6.45) is 4.38. The summed E-state index contributed by atoms with van der Waals surface area (Å²) >= 11 is 0. The second-order valence-electron chi connectivity index (χ2n) is 6.65. The molecule has 1 aromatic rings. The minimum Gasteiger partial charge on any atom is -0.391 e. The molecule has 1 aliphatic heterocycles. The Labute approximate surface area is 131 Å². The van der Waals surface area contributed by atoms with Gasteiger partial charge in [-0.05, 0) is 30.7 Å². The van der Waals surface area contributed by atoms with Crippen molar-refractivity contribution in [2.45, 2.75) is 56.8 Å². The number of aliphatic hydroxyl groups excluding tert-OH is 2. The fraction of sp³-hybridized carbons (Fsp3) is 0.611. The molecule has 3 unspecified atom stereocenters. The van der Waals surface area contributed by atoms with Gasteiger partial charge >= 0.3 is 0 Å². The first-order chi connectivity index (χ1) is 10.7. The number of aliphatic hydroxyl groups is 2. The molecular formula is C18H25NO3. The Bertz CT molecular complexity index is 498. The number of hydrogen-bond acceptors (Lipinski definition) is 3. The van der Waals surface area contributed by atoms with Crippen molar-refractivity contribution in [3.63, 3.8) is 0 Å². The summed E-state index contributed by atoms with van der Waals surface area (Å²) < 4.78 is 0. The standard InChI is InChI=1S/C18H25NO3/c20-15-11-16(13-7-3-1-4-8-13)19(12-15)18(22)17(21)14-9-5-2-6-10-14/h1,3-4,7-8,14-17,20-21H,2,5-6,9-12H2. The number of nitrogens with zero attached hydrogens (tertiary/aromatic N) is 1. The second-order valence-corrected chi connectivity index (χ2v) is 6.65. The van der Waals surface area contributed by atoms with E-state index >= 15 is 0 Å². The van der Waals surface area contributed by atoms with Crippen LogP contribution in [0.5, 0.6) is 0 Å². The van der Waals surface area contributed by atoms with Crippen molar-refractivity contribution in [3.8, 4) is 0 Å². The number of benzene rings is 1. The van der Waals surface area contributed by atoms with Crippen LogP contribution in [0, 0.1) is 5.92 Å². The molecule has 120 valence electrons. The van der Waals surface area contributed by atoms with Gasteiger partial charge in [-0.2, -0.15) is 0 Å². The first-order valence-electron chi connectivity index (χ1n) is 8.38. The summed E-state index contributed by atoms with van der Waals surface area (Å²) in [6, 6.07) is 9.67. The molecule has 2 aliphatic rings. The van der Waals surface area contributed by atoms with Crippen molar-refractivity contribution in [3.05, 3.63) is 35.9 Å². The van der Waals surface area contributed by atoms with E-state index in [2.05, 4.69) is 0 Å². The molecule has 0 radical (unpaired) electrons. The van der Waals surface area contributed by atoms with Crippen LogP contribution >= 0.6 is 0 Å². The lowest BCUT2D eigenvalue weighted by Crippen LogP contribution is -2.43. The van der Waals surface area contributed by atoms with Crippen LogP contribution in [0.15, 0.2) is 30.3 Å². The maximum atomic E-state index is 12.7. The molecule has 22 heavy (non-hydrogen) atoms. The summed E-state index contributed by atoms with van der Waals surface area (Å²) in [5.74, 6) is -0.132. The molecule has 1 aliphatic carbocycles. The molecule has 1 saturated heterocycles. The highest BCUT2D eigenvalue weighted by Crippen LogP contribution is 2.34. The quantitative estimate of drug-likeness (QED) is 0.900. The van der Waals surface area contributed by atoms with Gasteiger partial charge in [-0.15, -0.1) is 0 Å². The van der Waals surface area contributed by atoms with E-state index in [1.165, 1.54) is 6.42 Å². The van der Waals surface area contributed by atoms with Gasteiger partial charge in [-0.1, -0.05) is 49.6 Å². The molecule has 2 N–H and O–H groups in total. The van der Waals surface area contributed by atoms with Crippen molar-refractivity contribution >= 4 is 5.91 Å². The molecule has 3 rings (SSSR count). The van der Waals surface area contributed by atoms with Gasteiger partial charge in [0.1, 0.15) is 6.10 Å². The molecule has 0 spiro atoms. The van der Waals surface area contributed by atoms with E-state index in [-0.39, 0.29) is 17.9 Å². The molecule has 2 fully saturated rings. The van der Waals surface area contributed by atoms with Crippen LogP contribution in [0.25, 0.3) is 0 Å². The van der Waals surface area contributed by atoms with Crippen molar-refractivity contribution in [2.75, 3.05) is 6.54 Å². The third-order valence-corrected chi connectivity index (χ3v) is 5.10. The lowest BCUT2D eigenvalue weighted by Gasteiger charge is -2.31. The molecular weight excluding hydrogens is 278 g/mol. The first-order valence-corrected chi connectivity index (χ1v) is 8.38. The van der Waals surface area contributed by atoms with E-state index < -0.39 is 12.2 Å². The zero-order valence-electron chi connectivity index (χ0n) is 12.9. The lowest BCUT2D eigenvalue weighted by molar-refractivity contribution is -0.145. The van der Waals surface area contributed by atoms with E-state index in [0.29, 0.717) is 13.0 Å². The summed E-state index contributed by atoms with van der Waals surface area (Å²) in [5, 5.41) is 20.5. The minimum atomic E-state index is -0.920. The fourth-order valence-electron chi connectivity index (χ4n) is 3.87. The average Bonchev–Trinajstić information content (AvgIpc) is 2.97. The van der Waals surface area contributed by atoms with Crippen molar-refractivity contribution in [2.24, 2.45) is 5.92 Å². The molecule has 4 nitrogen and oxygen atoms in total. The van der Waals surface area contributed by atoms with Gasteiger partial charge in [0.05, 0.1) is 12.1 Å². The zero-order valence-corrected chi connectivity index (χ0v) is 12.9. The van der Waals surface area contributed by atoms with Gasteiger partial charge in [0, 0.05) is 6.54 Å². The van der Waals surface area contributed by atoms with Gasteiger partial charge in [0.15, 0.2) is 0 Å². The van der Waals surface area contributed by atoms with Gasteiger partial charge in [-0.25, -0.2) is 0 Å². The molecule has 1 heterocycles. The van der Waals surface area contributed by atoms with Crippen LogP contribution in [0.4, 0.5) is 0 Å². The third kappa shape index (κ3) is 3.18. The molecule has 1 aromatic carbocycles. The molecule has 0 aromatic heterocycles. The Morgan fingerprint density at radius 1 is 1.14 bits per heavy atom. The molecule has 0 bridgehead atoms. The molecule has 3 atom stereocenters. The Morgan fingerprint density at radius 3 is 2.50 bits per heavy atom. The van der Waals surface area contributed by atoms with Crippen molar-refractivity contribution in [1.29, 1.82) is 0 Å². The smallest absolute Gasteiger partial charge is 0.252 e. The van der Waals surface area contributed by atoms with Gasteiger partial charge in [-0.3, -0.25) is 4.79 Å².